The van der Waals surface area contributed by atoms with Gasteiger partial charge in [-0.1, -0.05) is 42.8 Å². The molecular weight excluding hydrogens is 362 g/mol. The van der Waals surface area contributed by atoms with E-state index < -0.39 is 6.04 Å². The summed E-state index contributed by atoms with van der Waals surface area (Å²) >= 11 is 0. The van der Waals surface area contributed by atoms with Crippen LogP contribution in [0.5, 0.6) is 0 Å². The summed E-state index contributed by atoms with van der Waals surface area (Å²) < 4.78 is 1.36. The average molecular weight is 387 g/mol. The molecule has 0 fully saturated rings. The fraction of sp³-hybridized carbons (Fsp3) is 0.292. The third-order valence-corrected chi connectivity index (χ3v) is 5.61. The summed E-state index contributed by atoms with van der Waals surface area (Å²) in [7, 11) is 0. The van der Waals surface area contributed by atoms with Crippen LogP contribution in [-0.4, -0.2) is 22.2 Å². The van der Waals surface area contributed by atoms with Crippen LogP contribution in [-0.2, 0) is 11.2 Å². The quantitative estimate of drug-likeness (QED) is 0.678. The van der Waals surface area contributed by atoms with Gasteiger partial charge in [0.1, 0.15) is 6.04 Å². The highest BCUT2D eigenvalue weighted by molar-refractivity contribution is 5.98. The molecular formula is C24H25N3O2. The van der Waals surface area contributed by atoms with E-state index in [0.717, 1.165) is 28.8 Å². The van der Waals surface area contributed by atoms with Gasteiger partial charge in [0.05, 0.1) is 5.69 Å². The van der Waals surface area contributed by atoms with Crippen LogP contribution in [0.15, 0.2) is 59.4 Å². The lowest BCUT2D eigenvalue weighted by Gasteiger charge is -2.24. The van der Waals surface area contributed by atoms with E-state index in [1.165, 1.54) is 16.3 Å². The third-order valence-electron chi connectivity index (χ3n) is 5.61. The Hall–Kier alpha value is -3.21. The van der Waals surface area contributed by atoms with E-state index in [9.17, 15) is 9.59 Å². The van der Waals surface area contributed by atoms with Crippen molar-refractivity contribution < 1.29 is 4.79 Å². The van der Waals surface area contributed by atoms with Crippen molar-refractivity contribution in [2.75, 3.05) is 11.4 Å². The van der Waals surface area contributed by atoms with E-state index in [-0.39, 0.29) is 11.5 Å². The Kier molecular flexibility index (Phi) is 5.05. The van der Waals surface area contributed by atoms with Gasteiger partial charge in [-0.25, -0.2) is 4.68 Å². The molecule has 0 radical (unpaired) electrons. The largest absolute Gasteiger partial charge is 0.310 e. The minimum absolute atomic E-state index is 0.0786. The van der Waals surface area contributed by atoms with Gasteiger partial charge in [0.25, 0.3) is 11.5 Å². The molecule has 1 amide bonds. The maximum atomic E-state index is 13.4. The van der Waals surface area contributed by atoms with Gasteiger partial charge < -0.3 is 4.90 Å². The van der Waals surface area contributed by atoms with E-state index >= 15 is 0 Å². The summed E-state index contributed by atoms with van der Waals surface area (Å²) in [4.78, 5) is 27.8. The van der Waals surface area contributed by atoms with Gasteiger partial charge in [-0.05, 0) is 56.0 Å². The first-order chi connectivity index (χ1) is 14.0. The number of rotatable bonds is 4. The highest BCUT2D eigenvalue weighted by Gasteiger charge is 2.31. The monoisotopic (exact) mass is 387 g/mol. The minimum atomic E-state index is -0.626. The van der Waals surface area contributed by atoms with Crippen molar-refractivity contribution in [1.29, 1.82) is 0 Å². The van der Waals surface area contributed by atoms with Gasteiger partial charge in [0.2, 0.25) is 0 Å². The number of carbonyl (C=O) groups is 1. The molecule has 1 aliphatic rings. The molecule has 0 aliphatic carbocycles. The van der Waals surface area contributed by atoms with Crippen molar-refractivity contribution in [2.45, 2.75) is 39.7 Å². The predicted octanol–water partition coefficient (Wildman–Crippen LogP) is 4.07. The predicted molar refractivity (Wildman–Crippen MR) is 115 cm³/mol. The fourth-order valence-corrected chi connectivity index (χ4v) is 4.00. The molecule has 1 aromatic heterocycles. The molecule has 3 aromatic rings. The van der Waals surface area contributed by atoms with Crippen molar-refractivity contribution in [3.63, 3.8) is 0 Å². The molecule has 148 valence electrons. The molecule has 0 saturated carbocycles. The average Bonchev–Trinajstić information content (AvgIpc) is 3.16. The second kappa shape index (κ2) is 7.66. The number of carbonyl (C=O) groups excluding carboxylic acids is 1. The highest BCUT2D eigenvalue weighted by Crippen LogP contribution is 2.30. The van der Waals surface area contributed by atoms with Crippen LogP contribution in [0.2, 0.25) is 0 Å². The van der Waals surface area contributed by atoms with Gasteiger partial charge >= 0.3 is 0 Å². The number of hydrogen-bond acceptors (Lipinski definition) is 3. The number of benzene rings is 2. The second-order valence-electron chi connectivity index (χ2n) is 7.61. The van der Waals surface area contributed by atoms with Crippen LogP contribution in [0.25, 0.3) is 11.3 Å². The Morgan fingerprint density at radius 1 is 1.10 bits per heavy atom. The van der Waals surface area contributed by atoms with Crippen molar-refractivity contribution in [3.8, 4) is 11.3 Å². The topological polar surface area (TPSA) is 55.2 Å². The first-order valence-corrected chi connectivity index (χ1v) is 10.1. The van der Waals surface area contributed by atoms with Crippen molar-refractivity contribution in [1.82, 2.24) is 9.78 Å². The summed E-state index contributed by atoms with van der Waals surface area (Å²) in [5.74, 6) is -0.0786. The molecule has 0 bridgehead atoms. The zero-order valence-electron chi connectivity index (χ0n) is 17.1. The molecule has 1 atom stereocenters. The van der Waals surface area contributed by atoms with E-state index in [1.807, 2.05) is 45.0 Å². The number of anilines is 1. The van der Waals surface area contributed by atoms with Crippen LogP contribution in [0.3, 0.4) is 0 Å². The molecule has 2 heterocycles. The molecule has 0 saturated heterocycles. The molecule has 4 rings (SSSR count). The van der Waals surface area contributed by atoms with Crippen molar-refractivity contribution in [2.24, 2.45) is 0 Å². The van der Waals surface area contributed by atoms with E-state index in [0.29, 0.717) is 18.7 Å². The number of aryl methyl sites for hydroxylation is 2. The molecule has 29 heavy (non-hydrogen) atoms. The highest BCUT2D eigenvalue weighted by atomic mass is 16.2. The number of hydrogen-bond donors (Lipinski definition) is 0. The second-order valence-corrected chi connectivity index (χ2v) is 7.61. The lowest BCUT2D eigenvalue weighted by molar-refractivity contribution is -0.122. The van der Waals surface area contributed by atoms with Crippen molar-refractivity contribution in [3.05, 3.63) is 81.6 Å². The maximum absolute atomic E-state index is 13.4. The SMILES string of the molecule is CCC(C(=O)N1CCc2ccccc21)n1nc(-c2cc(C)ccc2C)ccc1=O. The molecule has 1 aliphatic heterocycles. The zero-order valence-corrected chi connectivity index (χ0v) is 17.1. The summed E-state index contributed by atoms with van der Waals surface area (Å²) in [6.45, 7) is 6.61. The first kappa shape index (κ1) is 19.1. The summed E-state index contributed by atoms with van der Waals surface area (Å²) in [6.07, 6.45) is 1.34. The summed E-state index contributed by atoms with van der Waals surface area (Å²) in [5.41, 5.74) is 5.75. The van der Waals surface area contributed by atoms with Crippen LogP contribution in [0.4, 0.5) is 5.69 Å². The molecule has 0 spiro atoms. The van der Waals surface area contributed by atoms with Gasteiger partial charge in [0.15, 0.2) is 0 Å². The number of para-hydroxylation sites is 1. The number of aromatic nitrogens is 2. The third kappa shape index (κ3) is 3.48. The smallest absolute Gasteiger partial charge is 0.267 e. The Morgan fingerprint density at radius 3 is 2.69 bits per heavy atom. The lowest BCUT2D eigenvalue weighted by atomic mass is 10.0. The first-order valence-electron chi connectivity index (χ1n) is 10.1. The van der Waals surface area contributed by atoms with Crippen LogP contribution >= 0.6 is 0 Å². The van der Waals surface area contributed by atoms with E-state index in [1.54, 1.807) is 11.0 Å². The normalized spacial score (nSPS) is 14.0. The Balaban J connectivity index is 1.74. The lowest BCUT2D eigenvalue weighted by Crippen LogP contribution is -2.40. The van der Waals surface area contributed by atoms with Crippen LogP contribution in [0.1, 0.15) is 36.1 Å². The van der Waals surface area contributed by atoms with Gasteiger partial charge in [-0.2, -0.15) is 5.10 Å². The number of nitrogens with zero attached hydrogens (tertiary/aromatic N) is 3. The van der Waals surface area contributed by atoms with Gasteiger partial charge in [-0.3, -0.25) is 9.59 Å². The summed E-state index contributed by atoms with van der Waals surface area (Å²) in [6, 6.07) is 16.7. The summed E-state index contributed by atoms with van der Waals surface area (Å²) in [5, 5.41) is 4.62. The maximum Gasteiger partial charge on any atom is 0.267 e. The number of fused-ring (bicyclic) bond motifs is 1. The Bertz CT molecular complexity index is 1130. The molecule has 1 unspecified atom stereocenters. The fourth-order valence-electron chi connectivity index (χ4n) is 4.00. The Morgan fingerprint density at radius 2 is 1.90 bits per heavy atom. The standard InChI is InChI=1S/C24H25N3O2/c1-4-21(24(29)26-14-13-18-7-5-6-8-22(18)26)27-23(28)12-11-20(25-27)19-15-16(2)9-10-17(19)3/h5-12,15,21H,4,13-14H2,1-3H3. The van der Waals surface area contributed by atoms with Crippen LogP contribution in [0, 0.1) is 13.8 Å². The molecule has 0 N–H and O–H groups in total. The van der Waals surface area contributed by atoms with E-state index in [4.69, 9.17) is 0 Å². The molecule has 5 nitrogen and oxygen atoms in total. The van der Waals surface area contributed by atoms with Gasteiger partial charge in [-0.15, -0.1) is 0 Å². The Labute approximate surface area is 170 Å². The number of amides is 1. The van der Waals surface area contributed by atoms with Gasteiger partial charge in [0, 0.05) is 23.9 Å². The van der Waals surface area contributed by atoms with Crippen molar-refractivity contribution >= 4 is 11.6 Å². The zero-order chi connectivity index (χ0) is 20.5. The van der Waals surface area contributed by atoms with E-state index in [2.05, 4.69) is 23.3 Å². The van der Waals surface area contributed by atoms with Crippen LogP contribution < -0.4 is 10.5 Å². The molecule has 2 aromatic carbocycles. The molecule has 5 heteroatoms. The minimum Gasteiger partial charge on any atom is -0.310 e.